The van der Waals surface area contributed by atoms with Crippen LogP contribution in [0.2, 0.25) is 4.34 Å². The van der Waals surface area contributed by atoms with E-state index in [0.717, 1.165) is 36.2 Å². The summed E-state index contributed by atoms with van der Waals surface area (Å²) in [5.41, 5.74) is 0.908. The van der Waals surface area contributed by atoms with E-state index in [2.05, 4.69) is 26.7 Å². The number of nitrogens with one attached hydrogen (secondary N) is 1. The van der Waals surface area contributed by atoms with Crippen molar-refractivity contribution in [2.45, 2.75) is 19.5 Å². The Kier molecular flexibility index (Phi) is 3.33. The van der Waals surface area contributed by atoms with Gasteiger partial charge in [0.2, 0.25) is 0 Å². The Morgan fingerprint density at radius 3 is 3.21 bits per heavy atom. The second-order valence-corrected chi connectivity index (χ2v) is 4.87. The van der Waals surface area contributed by atoms with Crippen LogP contribution in [0.3, 0.4) is 0 Å². The number of aromatic nitrogens is 2. The SMILES string of the molecule is CC1CNCCN1Cc1nnsc1Cl. The first-order chi connectivity index (χ1) is 6.77. The quantitative estimate of drug-likeness (QED) is 0.826. The molecule has 14 heavy (non-hydrogen) atoms. The predicted octanol–water partition coefficient (Wildman–Crippen LogP) is 0.985. The summed E-state index contributed by atoms with van der Waals surface area (Å²) in [7, 11) is 0. The maximum absolute atomic E-state index is 5.96. The van der Waals surface area contributed by atoms with Crippen LogP contribution in [0.25, 0.3) is 0 Å². The maximum Gasteiger partial charge on any atom is 0.138 e. The third-order valence-electron chi connectivity index (χ3n) is 2.50. The van der Waals surface area contributed by atoms with E-state index >= 15 is 0 Å². The summed E-state index contributed by atoms with van der Waals surface area (Å²) in [6.45, 7) is 6.15. The molecule has 0 radical (unpaired) electrons. The lowest BCUT2D eigenvalue weighted by atomic mass is 10.2. The summed E-state index contributed by atoms with van der Waals surface area (Å²) in [5, 5.41) is 7.37. The minimum absolute atomic E-state index is 0.543. The van der Waals surface area contributed by atoms with Crippen molar-refractivity contribution >= 4 is 23.1 Å². The lowest BCUT2D eigenvalue weighted by Gasteiger charge is -2.33. The molecule has 1 aromatic heterocycles. The number of piperazine rings is 1. The summed E-state index contributed by atoms with van der Waals surface area (Å²) in [4.78, 5) is 2.37. The molecule has 0 bridgehead atoms. The molecule has 1 aromatic rings. The first-order valence-corrected chi connectivity index (χ1v) is 5.84. The molecule has 1 aliphatic rings. The highest BCUT2D eigenvalue weighted by Crippen LogP contribution is 2.19. The minimum atomic E-state index is 0.543. The van der Waals surface area contributed by atoms with Crippen LogP contribution in [0.5, 0.6) is 0 Å². The molecule has 2 heterocycles. The molecule has 2 rings (SSSR count). The van der Waals surface area contributed by atoms with Gasteiger partial charge in [-0.05, 0) is 6.92 Å². The summed E-state index contributed by atoms with van der Waals surface area (Å²) in [6, 6.07) is 0.543. The van der Waals surface area contributed by atoms with E-state index in [4.69, 9.17) is 11.6 Å². The van der Waals surface area contributed by atoms with E-state index in [1.165, 1.54) is 11.5 Å². The van der Waals surface area contributed by atoms with Gasteiger partial charge in [-0.25, -0.2) is 0 Å². The van der Waals surface area contributed by atoms with Crippen LogP contribution in [-0.4, -0.2) is 40.2 Å². The fourth-order valence-corrected chi connectivity index (χ4v) is 2.21. The molecule has 1 atom stereocenters. The molecule has 78 valence electrons. The van der Waals surface area contributed by atoms with Crippen LogP contribution in [-0.2, 0) is 6.54 Å². The molecular weight excluding hydrogens is 220 g/mol. The van der Waals surface area contributed by atoms with Gasteiger partial charge in [0.1, 0.15) is 10.0 Å². The van der Waals surface area contributed by atoms with E-state index in [9.17, 15) is 0 Å². The van der Waals surface area contributed by atoms with Gasteiger partial charge in [0, 0.05) is 43.8 Å². The molecule has 1 N–H and O–H groups in total. The topological polar surface area (TPSA) is 41.0 Å². The zero-order valence-corrected chi connectivity index (χ0v) is 9.61. The van der Waals surface area contributed by atoms with Crippen molar-refractivity contribution in [1.29, 1.82) is 0 Å². The van der Waals surface area contributed by atoms with Crippen LogP contribution in [0.4, 0.5) is 0 Å². The van der Waals surface area contributed by atoms with Crippen molar-refractivity contribution in [2.75, 3.05) is 19.6 Å². The molecule has 0 amide bonds. The summed E-state index contributed by atoms with van der Waals surface area (Å²) in [5.74, 6) is 0. The van der Waals surface area contributed by atoms with Crippen LogP contribution >= 0.6 is 23.1 Å². The van der Waals surface area contributed by atoms with Crippen molar-refractivity contribution in [3.05, 3.63) is 10.0 Å². The molecule has 0 aromatic carbocycles. The Balaban J connectivity index is 1.99. The second kappa shape index (κ2) is 4.53. The van der Waals surface area contributed by atoms with Crippen LogP contribution in [0, 0.1) is 0 Å². The van der Waals surface area contributed by atoms with Gasteiger partial charge in [0.15, 0.2) is 0 Å². The van der Waals surface area contributed by atoms with Crippen LogP contribution in [0.1, 0.15) is 12.6 Å². The van der Waals surface area contributed by atoms with Gasteiger partial charge < -0.3 is 5.32 Å². The molecular formula is C8H13ClN4S. The Hall–Kier alpha value is -0.230. The number of hydrogen-bond acceptors (Lipinski definition) is 5. The summed E-state index contributed by atoms with van der Waals surface area (Å²) in [6.07, 6.45) is 0. The van der Waals surface area contributed by atoms with Gasteiger partial charge in [0.05, 0.1) is 0 Å². The molecule has 0 saturated carbocycles. The van der Waals surface area contributed by atoms with Gasteiger partial charge in [-0.1, -0.05) is 16.1 Å². The third kappa shape index (κ3) is 2.23. The third-order valence-corrected chi connectivity index (χ3v) is 3.49. The second-order valence-electron chi connectivity index (χ2n) is 3.52. The molecule has 1 unspecified atom stereocenters. The molecule has 6 heteroatoms. The normalized spacial score (nSPS) is 24.0. The molecule has 0 spiro atoms. The Bertz CT molecular complexity index is 303. The van der Waals surface area contributed by atoms with E-state index in [1.54, 1.807) is 0 Å². The molecule has 1 saturated heterocycles. The highest BCUT2D eigenvalue weighted by molar-refractivity contribution is 7.10. The van der Waals surface area contributed by atoms with Gasteiger partial charge in [-0.15, -0.1) is 5.10 Å². The largest absolute Gasteiger partial charge is 0.314 e. The van der Waals surface area contributed by atoms with Gasteiger partial charge >= 0.3 is 0 Å². The van der Waals surface area contributed by atoms with Crippen molar-refractivity contribution in [3.8, 4) is 0 Å². The van der Waals surface area contributed by atoms with Crippen molar-refractivity contribution < 1.29 is 0 Å². The van der Waals surface area contributed by atoms with Crippen LogP contribution < -0.4 is 5.32 Å². The molecule has 1 fully saturated rings. The average Bonchev–Trinajstić information content (AvgIpc) is 2.56. The predicted molar refractivity (Wildman–Crippen MR) is 57.7 cm³/mol. The monoisotopic (exact) mass is 232 g/mol. The molecule has 1 aliphatic heterocycles. The van der Waals surface area contributed by atoms with E-state index in [1.807, 2.05) is 0 Å². The highest BCUT2D eigenvalue weighted by Gasteiger charge is 2.19. The average molecular weight is 233 g/mol. The Labute approximate surface area is 92.4 Å². The highest BCUT2D eigenvalue weighted by atomic mass is 35.5. The minimum Gasteiger partial charge on any atom is -0.314 e. The standard InChI is InChI=1S/C8H13ClN4S/c1-6-4-10-2-3-13(6)5-7-8(9)14-12-11-7/h6,10H,2-5H2,1H3. The van der Waals surface area contributed by atoms with Gasteiger partial charge in [0.25, 0.3) is 0 Å². The smallest absolute Gasteiger partial charge is 0.138 e. The number of rotatable bonds is 2. The fraction of sp³-hybridized carbons (Fsp3) is 0.750. The maximum atomic E-state index is 5.96. The zero-order chi connectivity index (χ0) is 9.97. The Morgan fingerprint density at radius 1 is 1.71 bits per heavy atom. The number of hydrogen-bond donors (Lipinski definition) is 1. The first kappa shape index (κ1) is 10.3. The van der Waals surface area contributed by atoms with Gasteiger partial charge in [-0.2, -0.15) is 0 Å². The van der Waals surface area contributed by atoms with E-state index in [-0.39, 0.29) is 0 Å². The summed E-state index contributed by atoms with van der Waals surface area (Å²) < 4.78 is 4.55. The lowest BCUT2D eigenvalue weighted by Crippen LogP contribution is -2.49. The van der Waals surface area contributed by atoms with Gasteiger partial charge in [-0.3, -0.25) is 4.90 Å². The first-order valence-electron chi connectivity index (χ1n) is 4.69. The number of nitrogens with zero attached hydrogens (tertiary/aromatic N) is 3. The van der Waals surface area contributed by atoms with Crippen molar-refractivity contribution in [3.63, 3.8) is 0 Å². The van der Waals surface area contributed by atoms with Crippen LogP contribution in [0.15, 0.2) is 0 Å². The lowest BCUT2D eigenvalue weighted by molar-refractivity contribution is 0.164. The fourth-order valence-electron chi connectivity index (χ4n) is 1.60. The zero-order valence-electron chi connectivity index (χ0n) is 8.03. The Morgan fingerprint density at radius 2 is 2.57 bits per heavy atom. The van der Waals surface area contributed by atoms with E-state index < -0.39 is 0 Å². The molecule has 0 aliphatic carbocycles. The van der Waals surface area contributed by atoms with Crippen molar-refractivity contribution in [2.24, 2.45) is 0 Å². The van der Waals surface area contributed by atoms with E-state index in [0.29, 0.717) is 6.04 Å². The summed E-state index contributed by atoms with van der Waals surface area (Å²) >= 11 is 7.21. The molecule has 4 nitrogen and oxygen atoms in total. The van der Waals surface area contributed by atoms with Crippen molar-refractivity contribution in [1.82, 2.24) is 19.8 Å². The number of halogens is 1.